The first-order chi connectivity index (χ1) is 12.9. The Hall–Kier alpha value is -2.24. The van der Waals surface area contributed by atoms with Gasteiger partial charge in [-0.1, -0.05) is 18.2 Å². The van der Waals surface area contributed by atoms with Gasteiger partial charge in [-0.25, -0.2) is 0 Å². The van der Waals surface area contributed by atoms with Crippen LogP contribution in [0.5, 0.6) is 17.2 Å². The van der Waals surface area contributed by atoms with E-state index in [9.17, 15) is 0 Å². The summed E-state index contributed by atoms with van der Waals surface area (Å²) in [5.41, 5.74) is 2.43. The predicted octanol–water partition coefficient (Wildman–Crippen LogP) is 3.26. The summed E-state index contributed by atoms with van der Waals surface area (Å²) >= 11 is 0. The SMILES string of the molecule is c1cc(OCc2ccc3c(c2)OCO3)ccc1CCCN1CCOCC1. The van der Waals surface area contributed by atoms with E-state index >= 15 is 0 Å². The summed E-state index contributed by atoms with van der Waals surface area (Å²) in [4.78, 5) is 2.48. The van der Waals surface area contributed by atoms with Crippen LogP contribution in [0, 0.1) is 0 Å². The van der Waals surface area contributed by atoms with Crippen molar-refractivity contribution < 1.29 is 18.9 Å². The van der Waals surface area contributed by atoms with Gasteiger partial charge >= 0.3 is 0 Å². The number of fused-ring (bicyclic) bond motifs is 1. The van der Waals surface area contributed by atoms with Gasteiger partial charge in [-0.15, -0.1) is 0 Å². The van der Waals surface area contributed by atoms with Gasteiger partial charge in [0.05, 0.1) is 13.2 Å². The molecular weight excluding hydrogens is 330 g/mol. The highest BCUT2D eigenvalue weighted by Gasteiger charge is 2.13. The number of morpholine rings is 1. The molecule has 0 spiro atoms. The monoisotopic (exact) mass is 355 g/mol. The van der Waals surface area contributed by atoms with Crippen molar-refractivity contribution >= 4 is 0 Å². The highest BCUT2D eigenvalue weighted by Crippen LogP contribution is 2.32. The Morgan fingerprint density at radius 3 is 2.50 bits per heavy atom. The van der Waals surface area contributed by atoms with Gasteiger partial charge in [-0.05, 0) is 54.8 Å². The van der Waals surface area contributed by atoms with Crippen LogP contribution in [0.2, 0.25) is 0 Å². The fraction of sp³-hybridized carbons (Fsp3) is 0.429. The van der Waals surface area contributed by atoms with Gasteiger partial charge in [0.1, 0.15) is 12.4 Å². The topological polar surface area (TPSA) is 40.2 Å². The average Bonchev–Trinajstić information content (AvgIpc) is 3.16. The minimum atomic E-state index is 0.298. The molecule has 1 saturated heterocycles. The van der Waals surface area contributed by atoms with E-state index in [0.29, 0.717) is 13.4 Å². The van der Waals surface area contributed by atoms with Crippen molar-refractivity contribution in [3.8, 4) is 17.2 Å². The molecule has 1 fully saturated rings. The normalized spacial score (nSPS) is 16.6. The first-order valence-corrected chi connectivity index (χ1v) is 9.27. The molecule has 26 heavy (non-hydrogen) atoms. The fourth-order valence-corrected chi connectivity index (χ4v) is 3.28. The van der Waals surface area contributed by atoms with E-state index in [1.54, 1.807) is 0 Å². The third kappa shape index (κ3) is 4.48. The summed E-state index contributed by atoms with van der Waals surface area (Å²) in [6.45, 7) is 5.83. The Morgan fingerprint density at radius 1 is 0.885 bits per heavy atom. The molecular formula is C21H25NO4. The Labute approximate surface area is 154 Å². The number of aryl methyl sites for hydroxylation is 1. The summed E-state index contributed by atoms with van der Waals surface area (Å²) in [6, 6.07) is 14.3. The maximum atomic E-state index is 5.89. The van der Waals surface area contributed by atoms with E-state index in [4.69, 9.17) is 18.9 Å². The molecule has 2 aromatic carbocycles. The zero-order valence-electron chi connectivity index (χ0n) is 15.0. The van der Waals surface area contributed by atoms with Crippen LogP contribution in [0.15, 0.2) is 42.5 Å². The molecule has 0 atom stereocenters. The van der Waals surface area contributed by atoms with Crippen molar-refractivity contribution in [3.05, 3.63) is 53.6 Å². The van der Waals surface area contributed by atoms with Crippen LogP contribution in [-0.4, -0.2) is 44.5 Å². The Kier molecular flexibility index (Phi) is 5.57. The molecule has 2 heterocycles. The van der Waals surface area contributed by atoms with Crippen LogP contribution in [-0.2, 0) is 17.8 Å². The second-order valence-corrected chi connectivity index (χ2v) is 6.68. The minimum absolute atomic E-state index is 0.298. The van der Waals surface area contributed by atoms with E-state index in [1.165, 1.54) is 12.0 Å². The van der Waals surface area contributed by atoms with Gasteiger partial charge in [0, 0.05) is 13.1 Å². The highest BCUT2D eigenvalue weighted by atomic mass is 16.7. The molecule has 138 valence electrons. The summed E-state index contributed by atoms with van der Waals surface area (Å²) < 4.78 is 22.0. The Bertz CT molecular complexity index is 710. The molecule has 0 N–H and O–H groups in total. The first-order valence-electron chi connectivity index (χ1n) is 9.27. The molecule has 2 aromatic rings. The van der Waals surface area contributed by atoms with E-state index in [2.05, 4.69) is 29.2 Å². The zero-order valence-corrected chi connectivity index (χ0v) is 15.0. The number of hydrogen-bond donors (Lipinski definition) is 0. The predicted molar refractivity (Wildman–Crippen MR) is 98.9 cm³/mol. The largest absolute Gasteiger partial charge is 0.489 e. The standard InChI is InChI=1S/C21H25NO4/c1(9-22-10-12-23-13-11-22)2-17-3-6-19(7-4-17)24-15-18-5-8-20-21(14-18)26-16-25-20/h3-8,14H,1-2,9-13,15-16H2. The second-order valence-electron chi connectivity index (χ2n) is 6.68. The molecule has 0 bridgehead atoms. The summed E-state index contributed by atoms with van der Waals surface area (Å²) in [5, 5.41) is 0. The maximum absolute atomic E-state index is 5.89. The van der Waals surface area contributed by atoms with E-state index in [0.717, 1.165) is 62.1 Å². The number of hydrogen-bond acceptors (Lipinski definition) is 5. The molecule has 0 aliphatic carbocycles. The van der Waals surface area contributed by atoms with E-state index in [-0.39, 0.29) is 0 Å². The maximum Gasteiger partial charge on any atom is 0.231 e. The van der Waals surface area contributed by atoms with Crippen molar-refractivity contribution in [1.82, 2.24) is 4.90 Å². The number of benzene rings is 2. The molecule has 5 heteroatoms. The summed E-state index contributed by atoms with van der Waals surface area (Å²) in [5.74, 6) is 2.48. The Morgan fingerprint density at radius 2 is 1.65 bits per heavy atom. The smallest absolute Gasteiger partial charge is 0.231 e. The third-order valence-electron chi connectivity index (χ3n) is 4.81. The van der Waals surface area contributed by atoms with Crippen LogP contribution in [0.3, 0.4) is 0 Å². The van der Waals surface area contributed by atoms with Gasteiger partial charge < -0.3 is 18.9 Å². The zero-order chi connectivity index (χ0) is 17.6. The van der Waals surface area contributed by atoms with Crippen molar-refractivity contribution in [3.63, 3.8) is 0 Å². The summed E-state index contributed by atoms with van der Waals surface area (Å²) in [7, 11) is 0. The lowest BCUT2D eigenvalue weighted by Crippen LogP contribution is -2.36. The van der Waals surface area contributed by atoms with Crippen LogP contribution < -0.4 is 14.2 Å². The van der Waals surface area contributed by atoms with Gasteiger partial charge in [-0.2, -0.15) is 0 Å². The van der Waals surface area contributed by atoms with Gasteiger partial charge in [-0.3, -0.25) is 4.90 Å². The molecule has 0 saturated carbocycles. The van der Waals surface area contributed by atoms with Crippen molar-refractivity contribution in [2.75, 3.05) is 39.6 Å². The fourth-order valence-electron chi connectivity index (χ4n) is 3.28. The van der Waals surface area contributed by atoms with Crippen LogP contribution >= 0.6 is 0 Å². The van der Waals surface area contributed by atoms with Gasteiger partial charge in [0.2, 0.25) is 6.79 Å². The number of ether oxygens (including phenoxy) is 4. The van der Waals surface area contributed by atoms with Crippen molar-refractivity contribution in [2.24, 2.45) is 0 Å². The number of nitrogens with zero attached hydrogens (tertiary/aromatic N) is 1. The lowest BCUT2D eigenvalue weighted by atomic mass is 10.1. The molecule has 0 unspecified atom stereocenters. The van der Waals surface area contributed by atoms with E-state index in [1.807, 2.05) is 18.2 Å². The lowest BCUT2D eigenvalue weighted by Gasteiger charge is -2.26. The first kappa shape index (κ1) is 17.2. The lowest BCUT2D eigenvalue weighted by molar-refractivity contribution is 0.0374. The third-order valence-corrected chi connectivity index (χ3v) is 4.81. The second kappa shape index (κ2) is 8.43. The van der Waals surface area contributed by atoms with E-state index < -0.39 is 0 Å². The molecule has 2 aliphatic rings. The van der Waals surface area contributed by atoms with Gasteiger partial charge in [0.25, 0.3) is 0 Å². The molecule has 5 nitrogen and oxygen atoms in total. The average molecular weight is 355 g/mol. The quantitative estimate of drug-likeness (QED) is 0.762. The highest BCUT2D eigenvalue weighted by molar-refractivity contribution is 5.44. The van der Waals surface area contributed by atoms with Crippen LogP contribution in [0.4, 0.5) is 0 Å². The molecule has 0 radical (unpaired) electrons. The van der Waals surface area contributed by atoms with Crippen LogP contribution in [0.25, 0.3) is 0 Å². The Balaban J connectivity index is 1.22. The van der Waals surface area contributed by atoms with Crippen molar-refractivity contribution in [1.29, 1.82) is 0 Å². The van der Waals surface area contributed by atoms with Gasteiger partial charge in [0.15, 0.2) is 11.5 Å². The molecule has 4 rings (SSSR count). The van der Waals surface area contributed by atoms with Crippen LogP contribution in [0.1, 0.15) is 17.5 Å². The van der Waals surface area contributed by atoms with Crippen molar-refractivity contribution in [2.45, 2.75) is 19.4 Å². The number of rotatable bonds is 7. The summed E-state index contributed by atoms with van der Waals surface area (Å²) in [6.07, 6.45) is 2.27. The molecule has 0 aromatic heterocycles. The molecule has 2 aliphatic heterocycles. The minimum Gasteiger partial charge on any atom is -0.489 e. The molecule has 0 amide bonds.